The maximum absolute atomic E-state index is 13.7. The van der Waals surface area contributed by atoms with Crippen molar-refractivity contribution < 1.29 is 43.8 Å². The summed E-state index contributed by atoms with van der Waals surface area (Å²) in [4.78, 5) is 96.1. The first kappa shape index (κ1) is 44.0. The molecule has 21 nitrogen and oxygen atoms in total. The molecule has 0 spiro atoms. The molecule has 5 atom stereocenters. The van der Waals surface area contributed by atoms with Crippen LogP contribution < -0.4 is 55.3 Å². The van der Waals surface area contributed by atoms with Gasteiger partial charge in [0.1, 0.15) is 30.2 Å². The topological polar surface area (TPSA) is 375 Å². The van der Waals surface area contributed by atoms with Crippen molar-refractivity contribution in [2.75, 3.05) is 19.7 Å². The largest absolute Gasteiger partial charge is 0.480 e. The maximum atomic E-state index is 13.7. The molecule has 52 heavy (non-hydrogen) atoms. The zero-order valence-corrected chi connectivity index (χ0v) is 28.9. The Kier molecular flexibility index (Phi) is 19.8. The predicted octanol–water partition coefficient (Wildman–Crippen LogP) is -4.88. The lowest BCUT2D eigenvalue weighted by atomic mass is 10.0. The monoisotopic (exact) mass is 734 g/mol. The molecular weight excluding hydrogens is 684 g/mol. The number of rotatable bonds is 24. The molecule has 0 bridgehead atoms. The van der Waals surface area contributed by atoms with Crippen LogP contribution >= 0.6 is 0 Å². The van der Waals surface area contributed by atoms with Crippen molar-refractivity contribution in [2.24, 2.45) is 38.7 Å². The lowest BCUT2D eigenvalue weighted by Crippen LogP contribution is -2.60. The highest BCUT2D eigenvalue weighted by atomic mass is 16.4. The van der Waals surface area contributed by atoms with E-state index in [2.05, 4.69) is 36.6 Å². The number of nitrogens with one attached hydrogen (secondary N) is 5. The summed E-state index contributed by atoms with van der Waals surface area (Å²) >= 11 is 0. The van der Waals surface area contributed by atoms with Crippen molar-refractivity contribution in [2.45, 2.75) is 82.1 Å². The summed E-state index contributed by atoms with van der Waals surface area (Å²) in [5.74, 6) is -6.67. The fourth-order valence-electron chi connectivity index (χ4n) is 4.68. The van der Waals surface area contributed by atoms with Crippen LogP contribution in [0.1, 0.15) is 51.0 Å². The average molecular weight is 735 g/mol. The number of aliphatic carboxylic acids is 1. The van der Waals surface area contributed by atoms with Crippen LogP contribution in [-0.2, 0) is 40.0 Å². The van der Waals surface area contributed by atoms with E-state index in [-0.39, 0.29) is 70.0 Å². The molecule has 17 N–H and O–H groups in total. The van der Waals surface area contributed by atoms with E-state index in [1.165, 1.54) is 0 Å². The van der Waals surface area contributed by atoms with Crippen LogP contribution in [0, 0.1) is 0 Å². The molecule has 1 aromatic rings. The number of guanidine groups is 2. The molecule has 0 radical (unpaired) electrons. The van der Waals surface area contributed by atoms with Gasteiger partial charge in [0, 0.05) is 32.9 Å². The number of primary amides is 1. The number of amides is 6. The minimum absolute atomic E-state index is 0.0436. The first-order valence-electron chi connectivity index (χ1n) is 16.3. The molecule has 6 amide bonds. The van der Waals surface area contributed by atoms with Gasteiger partial charge in [0.2, 0.25) is 35.4 Å². The third-order valence-electron chi connectivity index (χ3n) is 7.24. The van der Waals surface area contributed by atoms with Crippen LogP contribution in [0.5, 0.6) is 0 Å². The van der Waals surface area contributed by atoms with Gasteiger partial charge in [-0.25, -0.2) is 4.79 Å². The minimum Gasteiger partial charge on any atom is -0.480 e. The van der Waals surface area contributed by atoms with E-state index in [0.717, 1.165) is 6.92 Å². The molecule has 21 heteroatoms. The Morgan fingerprint density at radius 3 is 1.56 bits per heavy atom. The predicted molar refractivity (Wildman–Crippen MR) is 188 cm³/mol. The number of benzene rings is 1. The number of aliphatic imine (C=N–C) groups is 2. The number of nitrogens with zero attached hydrogens (tertiary/aromatic N) is 2. The molecule has 0 aliphatic heterocycles. The molecule has 288 valence electrons. The van der Waals surface area contributed by atoms with Crippen molar-refractivity contribution in [1.29, 1.82) is 0 Å². The SMILES string of the molecule is CC(=O)N[C@@H](CCC(N)=O)C(=O)N[C@@H](CCCN=C(N)N)C(=O)N[C@@H](Cc1ccccc1)C(=O)N[C@@H](CO)C(=O)N[C@@H](CCCN=C(N)N)C(=O)O. The Bertz CT molecular complexity index is 1430. The highest BCUT2D eigenvalue weighted by Gasteiger charge is 2.32. The third-order valence-corrected chi connectivity index (χ3v) is 7.24. The fourth-order valence-corrected chi connectivity index (χ4v) is 4.68. The van der Waals surface area contributed by atoms with Crippen LogP contribution in [0.25, 0.3) is 0 Å². The van der Waals surface area contributed by atoms with E-state index in [1.807, 2.05) is 0 Å². The van der Waals surface area contributed by atoms with Gasteiger partial charge in [-0.1, -0.05) is 30.3 Å². The van der Waals surface area contributed by atoms with Gasteiger partial charge in [-0.2, -0.15) is 0 Å². The van der Waals surface area contributed by atoms with Crippen LogP contribution in [0.4, 0.5) is 0 Å². The molecule has 0 heterocycles. The van der Waals surface area contributed by atoms with E-state index in [1.54, 1.807) is 30.3 Å². The third kappa shape index (κ3) is 18.1. The second-order valence-corrected chi connectivity index (χ2v) is 11.6. The Morgan fingerprint density at radius 1 is 0.635 bits per heavy atom. The first-order chi connectivity index (χ1) is 24.5. The van der Waals surface area contributed by atoms with Gasteiger partial charge in [0.15, 0.2) is 11.9 Å². The maximum Gasteiger partial charge on any atom is 0.326 e. The summed E-state index contributed by atoms with van der Waals surface area (Å²) in [5.41, 5.74) is 27.1. The number of aliphatic hydroxyl groups excluding tert-OH is 1. The molecule has 0 saturated carbocycles. The normalized spacial score (nSPS) is 13.4. The average Bonchev–Trinajstić information content (AvgIpc) is 3.07. The van der Waals surface area contributed by atoms with E-state index in [9.17, 15) is 43.8 Å². The van der Waals surface area contributed by atoms with Gasteiger partial charge in [-0.05, 0) is 37.7 Å². The van der Waals surface area contributed by atoms with Gasteiger partial charge >= 0.3 is 5.97 Å². The smallest absolute Gasteiger partial charge is 0.326 e. The Labute approximate surface area is 300 Å². The molecule has 1 aromatic carbocycles. The molecule has 0 aromatic heterocycles. The Hall–Kier alpha value is -5.99. The zero-order chi connectivity index (χ0) is 39.2. The lowest BCUT2D eigenvalue weighted by Gasteiger charge is -2.26. The molecule has 0 unspecified atom stereocenters. The minimum atomic E-state index is -1.62. The highest BCUT2D eigenvalue weighted by molar-refractivity contribution is 5.96. The first-order valence-corrected chi connectivity index (χ1v) is 16.3. The summed E-state index contributed by atoms with van der Waals surface area (Å²) in [6.45, 7) is 0.405. The summed E-state index contributed by atoms with van der Waals surface area (Å²) in [7, 11) is 0. The van der Waals surface area contributed by atoms with Crippen molar-refractivity contribution in [1.82, 2.24) is 26.6 Å². The molecule has 0 aliphatic rings. The Balaban J connectivity index is 3.29. The van der Waals surface area contributed by atoms with E-state index in [0.29, 0.717) is 5.56 Å². The van der Waals surface area contributed by atoms with Gasteiger partial charge in [-0.3, -0.25) is 38.8 Å². The second-order valence-electron chi connectivity index (χ2n) is 11.6. The number of carboxylic acids is 1. The molecule has 0 fully saturated rings. The highest BCUT2D eigenvalue weighted by Crippen LogP contribution is 2.08. The summed E-state index contributed by atoms with van der Waals surface area (Å²) in [6.07, 6.45) is -0.257. The number of carbonyl (C=O) groups excluding carboxylic acids is 6. The number of aliphatic hydroxyl groups is 1. The van der Waals surface area contributed by atoms with Gasteiger partial charge in [0.05, 0.1) is 6.61 Å². The van der Waals surface area contributed by atoms with E-state index >= 15 is 0 Å². The van der Waals surface area contributed by atoms with Crippen LogP contribution in [0.15, 0.2) is 40.3 Å². The van der Waals surface area contributed by atoms with Crippen molar-refractivity contribution in [3.05, 3.63) is 35.9 Å². The summed E-state index contributed by atoms with van der Waals surface area (Å²) in [5, 5.41) is 31.7. The molecule has 0 aliphatic carbocycles. The summed E-state index contributed by atoms with van der Waals surface area (Å²) in [6, 6.07) is 1.50. The quantitative estimate of drug-likeness (QED) is 0.0270. The number of hydrogen-bond donors (Lipinski definition) is 12. The Morgan fingerprint density at radius 2 is 1.08 bits per heavy atom. The number of hydrogen-bond acceptors (Lipinski definition) is 10. The fraction of sp³-hybridized carbons (Fsp3) is 0.516. The van der Waals surface area contributed by atoms with E-state index < -0.39 is 78.2 Å². The van der Waals surface area contributed by atoms with Crippen molar-refractivity contribution in [3.63, 3.8) is 0 Å². The summed E-state index contributed by atoms with van der Waals surface area (Å²) < 4.78 is 0. The van der Waals surface area contributed by atoms with Gasteiger partial charge < -0.3 is 65.5 Å². The van der Waals surface area contributed by atoms with Crippen molar-refractivity contribution in [3.8, 4) is 0 Å². The molecule has 0 saturated heterocycles. The molecular formula is C31H50N12O9. The standard InChI is InChI=1S/C31H50N12O9/c1-17(45)39-20(11-12-24(32)46)26(48)40-19(9-5-13-37-30(33)34)25(47)42-22(15-18-7-3-2-4-8-18)27(49)43-23(16-44)28(50)41-21(29(51)52)10-6-14-38-31(35)36/h2-4,7-8,19-23,44H,5-6,9-16H2,1H3,(H2,32,46)(H,39,45)(H,40,48)(H,41,50)(H,42,47)(H,43,49)(H,51,52)(H4,33,34,37)(H4,35,36,38)/t19-,20-,21-,22-,23-/m0/s1. The van der Waals surface area contributed by atoms with Crippen LogP contribution in [-0.4, -0.2) is 113 Å². The number of nitrogens with two attached hydrogens (primary N) is 5. The number of carboxylic acid groups (broad SMARTS) is 1. The van der Waals surface area contributed by atoms with Crippen molar-refractivity contribution >= 4 is 53.3 Å². The molecule has 1 rings (SSSR count). The van der Waals surface area contributed by atoms with Gasteiger partial charge in [-0.15, -0.1) is 0 Å². The van der Waals surface area contributed by atoms with Crippen LogP contribution in [0.2, 0.25) is 0 Å². The zero-order valence-electron chi connectivity index (χ0n) is 28.9. The number of carbonyl (C=O) groups is 7. The van der Waals surface area contributed by atoms with Crippen LogP contribution in [0.3, 0.4) is 0 Å². The van der Waals surface area contributed by atoms with E-state index in [4.69, 9.17) is 28.7 Å². The van der Waals surface area contributed by atoms with Gasteiger partial charge in [0.25, 0.3) is 0 Å². The lowest BCUT2D eigenvalue weighted by molar-refractivity contribution is -0.142. The second kappa shape index (κ2) is 23.4.